The number of imidazole rings is 1. The van der Waals surface area contributed by atoms with E-state index in [4.69, 9.17) is 4.98 Å². The van der Waals surface area contributed by atoms with E-state index in [0.29, 0.717) is 6.54 Å². The molecule has 3 heterocycles. The Balaban J connectivity index is 1.42. The first kappa shape index (κ1) is 21.5. The summed E-state index contributed by atoms with van der Waals surface area (Å²) in [5.74, 6) is 1.03. The summed E-state index contributed by atoms with van der Waals surface area (Å²) in [6.45, 7) is 2.89. The van der Waals surface area contributed by atoms with Gasteiger partial charge in [0.15, 0.2) is 12.4 Å². The van der Waals surface area contributed by atoms with Gasteiger partial charge in [0.1, 0.15) is 12.2 Å². The molecule has 0 atom stereocenters. The maximum absolute atomic E-state index is 11.7. The van der Waals surface area contributed by atoms with Crippen molar-refractivity contribution in [2.24, 2.45) is 0 Å². The van der Waals surface area contributed by atoms with Crippen LogP contribution in [-0.4, -0.2) is 29.8 Å². The van der Waals surface area contributed by atoms with Crippen LogP contribution in [0.1, 0.15) is 31.2 Å². The van der Waals surface area contributed by atoms with Gasteiger partial charge < -0.3 is 9.77 Å². The van der Waals surface area contributed by atoms with Crippen molar-refractivity contribution in [3.05, 3.63) is 102 Å². The highest BCUT2D eigenvalue weighted by atomic mass is 16.5. The molecule has 34 heavy (non-hydrogen) atoms. The fourth-order valence-corrected chi connectivity index (χ4v) is 4.05. The van der Waals surface area contributed by atoms with Gasteiger partial charge in [-0.15, -0.1) is 5.10 Å². The van der Waals surface area contributed by atoms with Gasteiger partial charge in [-0.25, -0.2) is 4.98 Å². The minimum Gasteiger partial charge on any atom is -0.619 e. The van der Waals surface area contributed by atoms with E-state index < -0.39 is 0 Å². The summed E-state index contributed by atoms with van der Waals surface area (Å²) in [6.07, 6.45) is 9.76. The molecule has 0 saturated carbocycles. The first-order chi connectivity index (χ1) is 16.7. The molecule has 0 amide bonds. The second-order valence-electron chi connectivity index (χ2n) is 8.19. The van der Waals surface area contributed by atoms with Crippen LogP contribution >= 0.6 is 0 Å². The maximum Gasteiger partial charge on any atom is 0.189 e. The molecule has 0 bridgehead atoms. The zero-order valence-corrected chi connectivity index (χ0v) is 19.0. The number of aromatic nitrogens is 7. The number of tetrazole rings is 1. The molecule has 170 valence electrons. The van der Waals surface area contributed by atoms with Crippen molar-refractivity contribution in [1.29, 1.82) is 0 Å². The third-order valence-corrected chi connectivity index (χ3v) is 5.80. The number of hydrogen-bond acceptors (Lipinski definition) is 5. The van der Waals surface area contributed by atoms with Crippen LogP contribution in [0.3, 0.4) is 0 Å². The van der Waals surface area contributed by atoms with E-state index in [1.165, 1.54) is 11.8 Å². The molecular weight excluding hydrogens is 426 g/mol. The lowest BCUT2D eigenvalue weighted by Crippen LogP contribution is -2.23. The van der Waals surface area contributed by atoms with Gasteiger partial charge in [-0.05, 0) is 40.1 Å². The average molecular weight is 452 g/mol. The molecule has 2 aromatic carbocycles. The third kappa shape index (κ3) is 4.56. The molecule has 5 rings (SSSR count). The molecule has 5 aromatic rings. The fraction of sp³-hybridized carbons (Fsp3) is 0.192. The van der Waals surface area contributed by atoms with Crippen molar-refractivity contribution in [1.82, 2.24) is 29.8 Å². The minimum atomic E-state index is 0.713. The van der Waals surface area contributed by atoms with Crippen LogP contribution < -0.4 is 4.73 Å². The van der Waals surface area contributed by atoms with Gasteiger partial charge in [0.2, 0.25) is 0 Å². The van der Waals surface area contributed by atoms with E-state index in [2.05, 4.69) is 57.3 Å². The van der Waals surface area contributed by atoms with E-state index in [1.807, 2.05) is 30.5 Å². The zero-order valence-electron chi connectivity index (χ0n) is 19.0. The average Bonchev–Trinajstić information content (AvgIpc) is 3.54. The molecule has 0 unspecified atom stereocenters. The molecule has 0 saturated heterocycles. The Labute approximate surface area is 197 Å². The largest absolute Gasteiger partial charge is 0.619 e. The van der Waals surface area contributed by atoms with Crippen molar-refractivity contribution in [3.63, 3.8) is 0 Å². The van der Waals surface area contributed by atoms with E-state index in [-0.39, 0.29) is 0 Å². The topological polar surface area (TPSA) is 88.4 Å². The number of hydrogen-bond donors (Lipinski definition) is 0. The van der Waals surface area contributed by atoms with E-state index in [9.17, 15) is 5.21 Å². The molecule has 8 nitrogen and oxygen atoms in total. The highest BCUT2D eigenvalue weighted by Crippen LogP contribution is 2.27. The van der Waals surface area contributed by atoms with Gasteiger partial charge in [-0.1, -0.05) is 55.8 Å². The number of unbranched alkanes of at least 4 members (excludes halogenated alkanes) is 1. The minimum absolute atomic E-state index is 0.713. The highest BCUT2D eigenvalue weighted by molar-refractivity contribution is 5.72. The van der Waals surface area contributed by atoms with Crippen LogP contribution in [-0.2, 0) is 13.0 Å². The van der Waals surface area contributed by atoms with Crippen LogP contribution in [0.2, 0.25) is 0 Å². The Hall–Kier alpha value is -4.33. The molecule has 0 N–H and O–H groups in total. The number of rotatable bonds is 8. The van der Waals surface area contributed by atoms with Crippen LogP contribution in [0.4, 0.5) is 0 Å². The zero-order chi connectivity index (χ0) is 23.3. The van der Waals surface area contributed by atoms with E-state index >= 15 is 0 Å². The molecule has 8 heteroatoms. The lowest BCUT2D eigenvalue weighted by atomic mass is 10.0. The van der Waals surface area contributed by atoms with Crippen LogP contribution in [0, 0.1) is 5.21 Å². The smallest absolute Gasteiger partial charge is 0.189 e. The summed E-state index contributed by atoms with van der Waals surface area (Å²) in [4.78, 5) is 4.85. The summed E-state index contributed by atoms with van der Waals surface area (Å²) < 4.78 is 4.68. The third-order valence-electron chi connectivity index (χ3n) is 5.80. The number of aryl methyl sites for hydroxylation is 1. The quantitative estimate of drug-likeness (QED) is 0.260. The van der Waals surface area contributed by atoms with Crippen molar-refractivity contribution in [3.8, 4) is 28.1 Å². The predicted octanol–water partition coefficient (Wildman–Crippen LogP) is 4.22. The summed E-state index contributed by atoms with van der Waals surface area (Å²) in [5, 5.41) is 23.3. The van der Waals surface area contributed by atoms with Gasteiger partial charge in [0.25, 0.3) is 0 Å². The number of para-hydroxylation sites is 1. The Morgan fingerprint density at radius 1 is 0.971 bits per heavy atom. The Kier molecular flexibility index (Phi) is 6.11. The normalized spacial score (nSPS) is 11.1. The summed E-state index contributed by atoms with van der Waals surface area (Å²) in [6, 6.07) is 20.3. The number of nitrogens with zero attached hydrogens (tertiary/aromatic N) is 7. The van der Waals surface area contributed by atoms with Crippen molar-refractivity contribution < 1.29 is 4.73 Å². The lowest BCUT2D eigenvalue weighted by molar-refractivity contribution is -0.604. The molecule has 0 aliphatic carbocycles. The van der Waals surface area contributed by atoms with Crippen molar-refractivity contribution in [2.45, 2.75) is 32.7 Å². The molecule has 0 aliphatic heterocycles. The summed E-state index contributed by atoms with van der Waals surface area (Å²) in [7, 11) is 0. The Bertz CT molecular complexity index is 1370. The first-order valence-corrected chi connectivity index (χ1v) is 11.4. The molecule has 3 aromatic heterocycles. The van der Waals surface area contributed by atoms with E-state index in [1.54, 1.807) is 23.3 Å². The number of benzene rings is 2. The van der Waals surface area contributed by atoms with Gasteiger partial charge >= 0.3 is 0 Å². The maximum atomic E-state index is 11.7. The monoisotopic (exact) mass is 451 g/mol. The van der Waals surface area contributed by atoms with Crippen LogP contribution in [0.5, 0.6) is 0 Å². The molecule has 0 fully saturated rings. The fourth-order valence-electron chi connectivity index (χ4n) is 4.05. The van der Waals surface area contributed by atoms with Crippen LogP contribution in [0.25, 0.3) is 28.1 Å². The Morgan fingerprint density at radius 2 is 1.82 bits per heavy atom. The van der Waals surface area contributed by atoms with Gasteiger partial charge in [0.05, 0.1) is 16.9 Å². The molecule has 0 radical (unpaired) electrons. The summed E-state index contributed by atoms with van der Waals surface area (Å²) >= 11 is 0. The SMILES string of the molecule is CCCCc1nc(-c2ccc[n+]([O-])c2)cn1Cc1ccc(-c2ccccc2-n2cnnn2)cc1. The first-order valence-electron chi connectivity index (χ1n) is 11.4. The van der Waals surface area contributed by atoms with Crippen molar-refractivity contribution in [2.75, 3.05) is 0 Å². The highest BCUT2D eigenvalue weighted by Gasteiger charge is 2.13. The van der Waals surface area contributed by atoms with Crippen LogP contribution in [0.15, 0.2) is 85.6 Å². The molecular formula is C26H25N7O. The second kappa shape index (κ2) is 9.66. The molecule has 0 spiro atoms. The van der Waals surface area contributed by atoms with E-state index in [0.717, 1.165) is 57.9 Å². The van der Waals surface area contributed by atoms with Gasteiger partial charge in [-0.3, -0.25) is 0 Å². The summed E-state index contributed by atoms with van der Waals surface area (Å²) in [5.41, 5.74) is 5.91. The lowest BCUT2D eigenvalue weighted by Gasteiger charge is -2.11. The second-order valence-corrected chi connectivity index (χ2v) is 8.19. The Morgan fingerprint density at radius 3 is 2.59 bits per heavy atom. The van der Waals surface area contributed by atoms with Crippen molar-refractivity contribution >= 4 is 0 Å². The predicted molar refractivity (Wildman–Crippen MR) is 129 cm³/mol. The molecule has 0 aliphatic rings. The van der Waals surface area contributed by atoms with Gasteiger partial charge in [0, 0.05) is 30.8 Å². The number of pyridine rings is 1. The van der Waals surface area contributed by atoms with Gasteiger partial charge in [-0.2, -0.15) is 9.41 Å². The standard InChI is InChI=1S/C26H25N7O/c1-2-3-10-26-28-24(22-7-6-15-32(34)17-22)18-31(26)16-20-11-13-21(14-12-20)23-8-4-5-9-25(23)33-19-27-29-30-33/h4-9,11-15,17-19H,2-3,10,16H2,1H3.